The van der Waals surface area contributed by atoms with Crippen molar-refractivity contribution in [1.82, 2.24) is 0 Å². The SMILES string of the molecule is [Br][Zn][Br].[Br][Zn][Br].[CH]1CCCCC1.[c]1ccccc1. The molecule has 1 aromatic rings. The van der Waals surface area contributed by atoms with Crippen molar-refractivity contribution in [3.05, 3.63) is 42.8 Å². The molecule has 6 heteroatoms. The zero-order chi connectivity index (χ0) is 13.9. The van der Waals surface area contributed by atoms with Crippen LogP contribution in [0.4, 0.5) is 0 Å². The van der Waals surface area contributed by atoms with E-state index in [0.717, 1.165) is 0 Å². The molecule has 1 fully saturated rings. The van der Waals surface area contributed by atoms with Gasteiger partial charge in [-0.2, -0.15) is 0 Å². The van der Waals surface area contributed by atoms with E-state index in [4.69, 9.17) is 0 Å². The summed E-state index contributed by atoms with van der Waals surface area (Å²) < 4.78 is 0. The van der Waals surface area contributed by atoms with Gasteiger partial charge in [-0.05, 0) is 12.5 Å². The Morgan fingerprint density at radius 2 is 1.17 bits per heavy atom. The van der Waals surface area contributed by atoms with Crippen molar-refractivity contribution in [3.63, 3.8) is 0 Å². The van der Waals surface area contributed by atoms with E-state index in [9.17, 15) is 0 Å². The Morgan fingerprint density at radius 3 is 1.28 bits per heavy atom. The van der Waals surface area contributed by atoms with Crippen LogP contribution >= 0.6 is 54.5 Å². The van der Waals surface area contributed by atoms with Gasteiger partial charge in [0.25, 0.3) is 0 Å². The Morgan fingerprint density at radius 1 is 0.722 bits per heavy atom. The molecule has 96 valence electrons. The number of halogens is 4. The van der Waals surface area contributed by atoms with Crippen LogP contribution in [0.3, 0.4) is 0 Å². The number of benzene rings is 1. The second-order valence-electron chi connectivity index (χ2n) is 3.21. The van der Waals surface area contributed by atoms with Crippen molar-refractivity contribution < 1.29 is 26.4 Å². The van der Waals surface area contributed by atoms with Gasteiger partial charge < -0.3 is 0 Å². The zero-order valence-electron chi connectivity index (χ0n) is 10.4. The first kappa shape index (κ1) is 22.7. The van der Waals surface area contributed by atoms with E-state index < -0.39 is 0 Å². The molecule has 1 aliphatic carbocycles. The summed E-state index contributed by atoms with van der Waals surface area (Å²) >= 11 is 12.5. The van der Waals surface area contributed by atoms with Gasteiger partial charge in [0.05, 0.1) is 0 Å². The second kappa shape index (κ2) is 24.4. The summed E-state index contributed by atoms with van der Waals surface area (Å²) in [4.78, 5) is 0. The zero-order valence-corrected chi connectivity index (χ0v) is 22.7. The molecule has 1 saturated carbocycles. The predicted octanol–water partition coefficient (Wildman–Crippen LogP) is 7.02. The maximum atomic E-state index is 3.25. The molecule has 1 aliphatic rings. The normalized spacial score (nSPS) is 11.8. The van der Waals surface area contributed by atoms with E-state index in [1.165, 1.54) is 32.1 Å². The van der Waals surface area contributed by atoms with Gasteiger partial charge in [0.15, 0.2) is 0 Å². The van der Waals surface area contributed by atoms with E-state index in [1.807, 2.05) is 30.3 Å². The Kier molecular flexibility index (Phi) is 30.7. The molecule has 0 bridgehead atoms. The van der Waals surface area contributed by atoms with E-state index in [-0.39, 0.29) is 26.4 Å². The van der Waals surface area contributed by atoms with Crippen LogP contribution < -0.4 is 0 Å². The minimum atomic E-state index is -0.250. The summed E-state index contributed by atoms with van der Waals surface area (Å²) in [7, 11) is 0. The Labute approximate surface area is 153 Å². The van der Waals surface area contributed by atoms with Crippen molar-refractivity contribution in [2.45, 2.75) is 32.1 Å². The van der Waals surface area contributed by atoms with E-state index >= 15 is 0 Å². The third-order valence-corrected chi connectivity index (χ3v) is 1.92. The van der Waals surface area contributed by atoms with Crippen LogP contribution in [0.15, 0.2) is 30.3 Å². The fourth-order valence-corrected chi connectivity index (χ4v) is 1.24. The minimum absolute atomic E-state index is 0.250. The topological polar surface area (TPSA) is 0 Å². The largest absolute Gasteiger partial charge is 0.0622 e. The molecular formula is C12H16Br4Zn2. The van der Waals surface area contributed by atoms with Gasteiger partial charge in [-0.1, -0.05) is 62.4 Å². The third kappa shape index (κ3) is 26.9. The van der Waals surface area contributed by atoms with Crippen LogP contribution in [0.2, 0.25) is 0 Å². The van der Waals surface area contributed by atoms with Crippen molar-refractivity contribution in [2.75, 3.05) is 0 Å². The van der Waals surface area contributed by atoms with E-state index in [1.54, 1.807) is 0 Å². The van der Waals surface area contributed by atoms with Crippen molar-refractivity contribution in [2.24, 2.45) is 0 Å². The quantitative estimate of drug-likeness (QED) is 0.277. The van der Waals surface area contributed by atoms with Gasteiger partial charge in [0.2, 0.25) is 0 Å². The van der Waals surface area contributed by atoms with Gasteiger partial charge in [-0.15, -0.1) is 0 Å². The summed E-state index contributed by atoms with van der Waals surface area (Å²) in [6, 6.07) is 12.5. The van der Waals surface area contributed by atoms with Gasteiger partial charge in [0, 0.05) is 0 Å². The van der Waals surface area contributed by atoms with Gasteiger partial charge in [-0.25, -0.2) is 0 Å². The molecule has 2 radical (unpaired) electrons. The fourth-order valence-electron chi connectivity index (χ4n) is 1.24. The van der Waals surface area contributed by atoms with Crippen molar-refractivity contribution >= 4 is 54.5 Å². The molecule has 0 unspecified atom stereocenters. The molecule has 0 amide bonds. The van der Waals surface area contributed by atoms with E-state index in [2.05, 4.69) is 67.0 Å². The molecule has 18 heavy (non-hydrogen) atoms. The maximum Gasteiger partial charge on any atom is -0.0184 e. The summed E-state index contributed by atoms with van der Waals surface area (Å²) in [5.41, 5.74) is 0. The monoisotopic (exact) mass is 604 g/mol. The molecule has 0 nitrogen and oxygen atoms in total. The molecule has 0 aromatic heterocycles. The molecule has 0 heterocycles. The maximum absolute atomic E-state index is 3.25. The van der Waals surface area contributed by atoms with Crippen LogP contribution in [-0.4, -0.2) is 0 Å². The average molecular weight is 611 g/mol. The van der Waals surface area contributed by atoms with Crippen LogP contribution in [0, 0.1) is 12.5 Å². The molecule has 0 aliphatic heterocycles. The Bertz CT molecular complexity index is 168. The third-order valence-electron chi connectivity index (χ3n) is 1.92. The smallest absolute Gasteiger partial charge is 0.0184 e. The molecule has 0 saturated heterocycles. The van der Waals surface area contributed by atoms with Crippen LogP contribution in [0.25, 0.3) is 0 Å². The molecule has 0 atom stereocenters. The van der Waals surface area contributed by atoms with Crippen LogP contribution in [0.1, 0.15) is 32.1 Å². The summed E-state index contributed by atoms with van der Waals surface area (Å²) in [5.74, 6) is 0. The molecule has 0 spiro atoms. The van der Waals surface area contributed by atoms with Crippen molar-refractivity contribution in [1.29, 1.82) is 0 Å². The Hall–Kier alpha value is 2.39. The second-order valence-corrected chi connectivity index (χ2v) is 31.3. The molecule has 1 aromatic carbocycles. The molecule has 2 rings (SSSR count). The number of hydrogen-bond acceptors (Lipinski definition) is 0. The standard InChI is InChI=1S/C6H11.C6H5.4BrH.2Zn/c2*1-2-4-6-5-3-1;;;;;;/h1H,2-6H2;1-5H;4*1H;;/q;;;;;;2*+2/p-4. The molecular weight excluding hydrogens is 595 g/mol. The average Bonchev–Trinajstić information content (AvgIpc) is 2.45. The minimum Gasteiger partial charge on any atom is -0.0622 e. The van der Waals surface area contributed by atoms with Crippen LogP contribution in [-0.2, 0) is 26.4 Å². The first-order valence-electron chi connectivity index (χ1n) is 5.80. The number of hydrogen-bond donors (Lipinski definition) is 0. The Balaban J connectivity index is 0. The van der Waals surface area contributed by atoms with E-state index in [0.29, 0.717) is 0 Å². The van der Waals surface area contributed by atoms with Crippen molar-refractivity contribution in [3.8, 4) is 0 Å². The summed E-state index contributed by atoms with van der Waals surface area (Å²) in [5, 5.41) is 0. The number of rotatable bonds is 0. The first-order chi connectivity index (χ1) is 8.83. The predicted molar refractivity (Wildman–Crippen MR) is 88.4 cm³/mol. The van der Waals surface area contributed by atoms with Gasteiger partial charge in [0.1, 0.15) is 0 Å². The molecule has 0 N–H and O–H groups in total. The van der Waals surface area contributed by atoms with Gasteiger partial charge >= 0.3 is 80.9 Å². The summed E-state index contributed by atoms with van der Waals surface area (Å²) in [6.07, 6.45) is 9.50. The first-order valence-corrected chi connectivity index (χ1v) is 33.6. The fraction of sp³-hybridized carbons (Fsp3) is 0.417. The van der Waals surface area contributed by atoms with Gasteiger partial charge in [-0.3, -0.25) is 0 Å². The summed E-state index contributed by atoms with van der Waals surface area (Å²) in [6.45, 7) is 0. The van der Waals surface area contributed by atoms with Crippen LogP contribution in [0.5, 0.6) is 0 Å².